The number of unbranched alkanes of at least 4 members (excludes halogenated alkanes) is 2. The molecular formula is C23H42O. The molecule has 0 spiro atoms. The fourth-order valence-corrected chi connectivity index (χ4v) is 4.58. The van der Waals surface area contributed by atoms with Crippen molar-refractivity contribution in [3.05, 3.63) is 12.2 Å². The molecule has 140 valence electrons. The van der Waals surface area contributed by atoms with Crippen molar-refractivity contribution in [2.45, 2.75) is 110 Å². The number of hydrogen-bond donors (Lipinski definition) is 0. The molecule has 0 radical (unpaired) electrons. The van der Waals surface area contributed by atoms with E-state index in [9.17, 15) is 0 Å². The summed E-state index contributed by atoms with van der Waals surface area (Å²) in [6.45, 7) is 5.50. The highest BCUT2D eigenvalue weighted by atomic mass is 16.5. The molecule has 0 unspecified atom stereocenters. The van der Waals surface area contributed by atoms with Gasteiger partial charge in [0, 0.05) is 6.61 Å². The summed E-state index contributed by atoms with van der Waals surface area (Å²) in [5.41, 5.74) is 0. The summed E-state index contributed by atoms with van der Waals surface area (Å²) in [4.78, 5) is 0. The zero-order valence-corrected chi connectivity index (χ0v) is 16.5. The second kappa shape index (κ2) is 12.1. The molecule has 0 saturated heterocycles. The van der Waals surface area contributed by atoms with Crippen molar-refractivity contribution in [3.8, 4) is 0 Å². The Morgan fingerprint density at radius 1 is 0.792 bits per heavy atom. The summed E-state index contributed by atoms with van der Waals surface area (Å²) in [6, 6.07) is 0. The standard InChI is InChI=1S/C23H42O/c1-3-5-7-8-20-9-11-21(12-10-20)13-14-22-15-17-23(18-16-22)24-19-6-4-2/h7-8,20-23H,3-6,9-19H2,1-2H3. The van der Waals surface area contributed by atoms with Gasteiger partial charge in [0.25, 0.3) is 0 Å². The predicted octanol–water partition coefficient (Wildman–Crippen LogP) is 7.30. The lowest BCUT2D eigenvalue weighted by atomic mass is 9.77. The van der Waals surface area contributed by atoms with Crippen molar-refractivity contribution in [2.24, 2.45) is 17.8 Å². The minimum absolute atomic E-state index is 0.582. The first-order valence-corrected chi connectivity index (χ1v) is 11.1. The van der Waals surface area contributed by atoms with Crippen molar-refractivity contribution in [2.75, 3.05) is 6.61 Å². The van der Waals surface area contributed by atoms with Crippen LogP contribution in [0.15, 0.2) is 12.2 Å². The van der Waals surface area contributed by atoms with Crippen molar-refractivity contribution in [1.82, 2.24) is 0 Å². The molecule has 2 saturated carbocycles. The van der Waals surface area contributed by atoms with E-state index < -0.39 is 0 Å². The van der Waals surface area contributed by atoms with Crippen LogP contribution in [0.5, 0.6) is 0 Å². The molecule has 24 heavy (non-hydrogen) atoms. The average Bonchev–Trinajstić information content (AvgIpc) is 2.63. The topological polar surface area (TPSA) is 9.23 Å². The molecule has 0 aromatic heterocycles. The molecule has 2 aliphatic carbocycles. The van der Waals surface area contributed by atoms with E-state index in [-0.39, 0.29) is 0 Å². The first-order chi connectivity index (χ1) is 11.8. The molecule has 2 rings (SSSR count). The van der Waals surface area contributed by atoms with E-state index in [1.807, 2.05) is 0 Å². The Balaban J connectivity index is 1.52. The average molecular weight is 335 g/mol. The zero-order valence-electron chi connectivity index (χ0n) is 16.5. The number of rotatable bonds is 10. The third-order valence-electron chi connectivity index (χ3n) is 6.38. The van der Waals surface area contributed by atoms with Gasteiger partial charge >= 0.3 is 0 Å². The lowest BCUT2D eigenvalue weighted by Gasteiger charge is -2.31. The van der Waals surface area contributed by atoms with Crippen LogP contribution in [0.2, 0.25) is 0 Å². The van der Waals surface area contributed by atoms with Gasteiger partial charge in [-0.1, -0.05) is 51.7 Å². The van der Waals surface area contributed by atoms with Gasteiger partial charge in [-0.25, -0.2) is 0 Å². The van der Waals surface area contributed by atoms with E-state index in [1.165, 1.54) is 89.9 Å². The van der Waals surface area contributed by atoms with Crippen molar-refractivity contribution in [3.63, 3.8) is 0 Å². The SMILES string of the molecule is CCCC=CC1CCC(CCC2CCC(OCCCC)CC2)CC1. The second-order valence-electron chi connectivity index (χ2n) is 8.44. The zero-order chi connectivity index (χ0) is 17.0. The molecule has 0 heterocycles. The molecular weight excluding hydrogens is 292 g/mol. The number of hydrogen-bond acceptors (Lipinski definition) is 1. The Kier molecular flexibility index (Phi) is 10.1. The van der Waals surface area contributed by atoms with Crippen LogP contribution in [0, 0.1) is 17.8 Å². The maximum atomic E-state index is 6.01. The second-order valence-corrected chi connectivity index (χ2v) is 8.44. The van der Waals surface area contributed by atoms with Gasteiger partial charge in [0.15, 0.2) is 0 Å². The van der Waals surface area contributed by atoms with Gasteiger partial charge in [-0.2, -0.15) is 0 Å². The van der Waals surface area contributed by atoms with E-state index in [2.05, 4.69) is 26.0 Å². The van der Waals surface area contributed by atoms with E-state index >= 15 is 0 Å². The van der Waals surface area contributed by atoms with Crippen LogP contribution in [-0.4, -0.2) is 12.7 Å². The molecule has 0 atom stereocenters. The molecule has 0 amide bonds. The Labute approximate surface area is 151 Å². The Bertz CT molecular complexity index is 319. The van der Waals surface area contributed by atoms with Crippen molar-refractivity contribution < 1.29 is 4.74 Å². The smallest absolute Gasteiger partial charge is 0.0575 e. The lowest BCUT2D eigenvalue weighted by Crippen LogP contribution is -2.23. The lowest BCUT2D eigenvalue weighted by molar-refractivity contribution is 0.0151. The van der Waals surface area contributed by atoms with Crippen LogP contribution < -0.4 is 0 Å². The largest absolute Gasteiger partial charge is 0.378 e. The Morgan fingerprint density at radius 2 is 1.42 bits per heavy atom. The summed E-state index contributed by atoms with van der Waals surface area (Å²) in [5, 5.41) is 0. The fourth-order valence-electron chi connectivity index (χ4n) is 4.58. The molecule has 0 N–H and O–H groups in total. The van der Waals surface area contributed by atoms with Crippen LogP contribution in [-0.2, 0) is 4.74 Å². The number of ether oxygens (including phenoxy) is 1. The molecule has 1 heteroatoms. The third-order valence-corrected chi connectivity index (χ3v) is 6.38. The quantitative estimate of drug-likeness (QED) is 0.301. The summed E-state index contributed by atoms with van der Waals surface area (Å²) < 4.78 is 6.01. The van der Waals surface area contributed by atoms with E-state index in [0.29, 0.717) is 6.10 Å². The predicted molar refractivity (Wildman–Crippen MR) is 105 cm³/mol. The van der Waals surface area contributed by atoms with Gasteiger partial charge < -0.3 is 4.74 Å². The van der Waals surface area contributed by atoms with Gasteiger partial charge in [-0.15, -0.1) is 0 Å². The first kappa shape index (κ1) is 20.0. The highest BCUT2D eigenvalue weighted by Crippen LogP contribution is 2.36. The van der Waals surface area contributed by atoms with Crippen LogP contribution in [0.25, 0.3) is 0 Å². The molecule has 0 aromatic carbocycles. The normalized spacial score (nSPS) is 31.6. The molecule has 0 bridgehead atoms. The maximum absolute atomic E-state index is 6.01. The Morgan fingerprint density at radius 3 is 2.00 bits per heavy atom. The van der Waals surface area contributed by atoms with Gasteiger partial charge in [0.05, 0.1) is 6.10 Å². The van der Waals surface area contributed by atoms with Crippen LogP contribution in [0.3, 0.4) is 0 Å². The van der Waals surface area contributed by atoms with E-state index in [4.69, 9.17) is 4.74 Å². The maximum Gasteiger partial charge on any atom is 0.0575 e. The summed E-state index contributed by atoms with van der Waals surface area (Å²) >= 11 is 0. The minimum atomic E-state index is 0.582. The monoisotopic (exact) mass is 334 g/mol. The van der Waals surface area contributed by atoms with E-state index in [0.717, 1.165) is 24.4 Å². The molecule has 1 nitrogen and oxygen atoms in total. The van der Waals surface area contributed by atoms with Crippen molar-refractivity contribution >= 4 is 0 Å². The highest BCUT2D eigenvalue weighted by Gasteiger charge is 2.24. The third kappa shape index (κ3) is 7.72. The molecule has 0 aliphatic heterocycles. The Hall–Kier alpha value is -0.300. The molecule has 0 aromatic rings. The highest BCUT2D eigenvalue weighted by molar-refractivity contribution is 4.91. The van der Waals surface area contributed by atoms with Crippen LogP contribution in [0.4, 0.5) is 0 Å². The summed E-state index contributed by atoms with van der Waals surface area (Å²) in [5.74, 6) is 2.92. The van der Waals surface area contributed by atoms with E-state index in [1.54, 1.807) is 0 Å². The van der Waals surface area contributed by atoms with Gasteiger partial charge in [-0.05, 0) is 82.0 Å². The van der Waals surface area contributed by atoms with Gasteiger partial charge in [-0.3, -0.25) is 0 Å². The number of allylic oxidation sites excluding steroid dienone is 2. The molecule has 2 aliphatic rings. The van der Waals surface area contributed by atoms with Crippen LogP contribution in [0.1, 0.15) is 104 Å². The summed E-state index contributed by atoms with van der Waals surface area (Å²) in [6.07, 6.45) is 24.9. The van der Waals surface area contributed by atoms with Crippen molar-refractivity contribution in [1.29, 1.82) is 0 Å². The fraction of sp³-hybridized carbons (Fsp3) is 0.913. The first-order valence-electron chi connectivity index (χ1n) is 11.1. The minimum Gasteiger partial charge on any atom is -0.378 e. The van der Waals surface area contributed by atoms with Gasteiger partial charge in [0.1, 0.15) is 0 Å². The van der Waals surface area contributed by atoms with Gasteiger partial charge in [0.2, 0.25) is 0 Å². The van der Waals surface area contributed by atoms with Crippen LogP contribution >= 0.6 is 0 Å². The molecule has 2 fully saturated rings. The summed E-state index contributed by atoms with van der Waals surface area (Å²) in [7, 11) is 0.